The fourth-order valence-corrected chi connectivity index (χ4v) is 5.53. The van der Waals surface area contributed by atoms with Gasteiger partial charge in [-0.3, -0.25) is 4.98 Å². The van der Waals surface area contributed by atoms with Crippen molar-refractivity contribution in [1.29, 1.82) is 0 Å². The van der Waals surface area contributed by atoms with Gasteiger partial charge < -0.3 is 15.4 Å². The molecule has 0 unspecified atom stereocenters. The van der Waals surface area contributed by atoms with Crippen molar-refractivity contribution < 1.29 is 13.2 Å². The average molecular weight is 517 g/mol. The zero-order chi connectivity index (χ0) is 23.5. The number of nitrogens with one attached hydrogen (secondary N) is 2. The number of benzene rings is 1. The first-order valence-corrected chi connectivity index (χ1v) is 13.6. The first-order valence-electron chi connectivity index (χ1n) is 11.7. The van der Waals surface area contributed by atoms with E-state index in [4.69, 9.17) is 9.72 Å². The van der Waals surface area contributed by atoms with E-state index >= 15 is 0 Å². The van der Waals surface area contributed by atoms with E-state index < -0.39 is 10.0 Å². The van der Waals surface area contributed by atoms with Crippen molar-refractivity contribution in [1.82, 2.24) is 24.6 Å². The second-order valence-electron chi connectivity index (χ2n) is 8.92. The Bertz CT molecular complexity index is 1240. The molecule has 0 bridgehead atoms. The van der Waals surface area contributed by atoms with Gasteiger partial charge in [-0.25, -0.2) is 22.7 Å². The molecule has 2 aliphatic rings. The van der Waals surface area contributed by atoms with Crippen molar-refractivity contribution in [3.8, 4) is 11.3 Å². The van der Waals surface area contributed by atoms with Gasteiger partial charge in [0.2, 0.25) is 10.0 Å². The molecule has 1 aromatic carbocycles. The van der Waals surface area contributed by atoms with Gasteiger partial charge in [0, 0.05) is 50.7 Å². The summed E-state index contributed by atoms with van der Waals surface area (Å²) >= 11 is 0. The maximum Gasteiger partial charge on any atom is 0.211 e. The molecule has 5 rings (SSSR count). The van der Waals surface area contributed by atoms with Gasteiger partial charge in [-0.2, -0.15) is 13.5 Å². The number of anilines is 1. The van der Waals surface area contributed by atoms with Crippen LogP contribution in [-0.4, -0.2) is 79.4 Å². The minimum atomic E-state index is -3.11. The summed E-state index contributed by atoms with van der Waals surface area (Å²) < 4.78 is 30.9. The lowest BCUT2D eigenvalue weighted by Crippen LogP contribution is -2.42. The number of hydrogen-bond acceptors (Lipinski definition) is 8. The number of aromatic nitrogens is 3. The molecule has 2 fully saturated rings. The summed E-state index contributed by atoms with van der Waals surface area (Å²) in [4.78, 5) is 13.9. The van der Waals surface area contributed by atoms with Crippen molar-refractivity contribution in [2.45, 2.75) is 24.9 Å². The second kappa shape index (κ2) is 11.2. The number of pyridine rings is 1. The van der Waals surface area contributed by atoms with Gasteiger partial charge in [-0.15, -0.1) is 0 Å². The molecule has 2 aromatic heterocycles. The maximum absolute atomic E-state index is 11.8. The number of sulfonamides is 1. The minimum Gasteiger partial charge on any atom is -0.374 e. The highest BCUT2D eigenvalue weighted by Gasteiger charge is 2.25. The Balaban J connectivity index is 0.00000289. The third-order valence-electron chi connectivity index (χ3n) is 6.56. The zero-order valence-corrected chi connectivity index (χ0v) is 21.6. The van der Waals surface area contributed by atoms with Gasteiger partial charge in [0.15, 0.2) is 5.82 Å². The number of morpholine rings is 1. The van der Waals surface area contributed by atoms with Gasteiger partial charge in [0.05, 0.1) is 30.2 Å². The standard InChI is InChI=1S/C24H30N6O3S.H2S/c1-34(31,32)30-11-6-18(7-12-30)17-2-4-19(5-3-17)21-14-22-23(27-9-8-26-22)24(29-21)28-16-20-15-25-10-13-33-20;/h2-5,8-9,14,18,20,25H,6-7,10-13,15-16H2,1H3,(H,28,29);1H2/t20-;/m0./s1. The maximum atomic E-state index is 11.8. The predicted molar refractivity (Wildman–Crippen MR) is 143 cm³/mol. The van der Waals surface area contributed by atoms with E-state index in [1.165, 1.54) is 11.8 Å². The molecule has 1 atom stereocenters. The van der Waals surface area contributed by atoms with Gasteiger partial charge >= 0.3 is 0 Å². The monoisotopic (exact) mass is 516 g/mol. The Morgan fingerprint density at radius 3 is 2.57 bits per heavy atom. The zero-order valence-electron chi connectivity index (χ0n) is 19.8. The van der Waals surface area contributed by atoms with E-state index in [1.54, 1.807) is 16.7 Å². The Labute approximate surface area is 213 Å². The summed E-state index contributed by atoms with van der Waals surface area (Å²) in [6, 6.07) is 10.4. The summed E-state index contributed by atoms with van der Waals surface area (Å²) in [7, 11) is -3.11. The fourth-order valence-electron chi connectivity index (χ4n) is 4.65. The quantitative estimate of drug-likeness (QED) is 0.514. The van der Waals surface area contributed by atoms with Crippen molar-refractivity contribution in [3.63, 3.8) is 0 Å². The lowest BCUT2D eigenvalue weighted by atomic mass is 9.89. The Kier molecular flexibility index (Phi) is 8.23. The molecule has 188 valence electrons. The van der Waals surface area contributed by atoms with Gasteiger partial charge in [-0.1, -0.05) is 24.3 Å². The van der Waals surface area contributed by atoms with Crippen LogP contribution in [0.1, 0.15) is 24.3 Å². The lowest BCUT2D eigenvalue weighted by molar-refractivity contribution is 0.0372. The number of ether oxygens (including phenoxy) is 1. The Morgan fingerprint density at radius 1 is 1.14 bits per heavy atom. The molecule has 0 radical (unpaired) electrons. The first kappa shape index (κ1) is 25.8. The van der Waals surface area contributed by atoms with Crippen LogP contribution in [0.2, 0.25) is 0 Å². The van der Waals surface area contributed by atoms with Crippen molar-refractivity contribution in [2.24, 2.45) is 0 Å². The highest BCUT2D eigenvalue weighted by atomic mass is 32.2. The average Bonchev–Trinajstić information content (AvgIpc) is 2.87. The molecule has 0 spiro atoms. The van der Waals surface area contributed by atoms with Gasteiger partial charge in [-0.05, 0) is 30.4 Å². The number of piperidine rings is 1. The molecular formula is C24H32N6O3S2. The SMILES string of the molecule is CS(=O)(=O)N1CCC(c2ccc(-c3cc4nccnc4c(NC[C@@H]4CNCCO4)n3)cc2)CC1.S. The van der Waals surface area contributed by atoms with E-state index in [9.17, 15) is 8.42 Å². The molecule has 9 nitrogen and oxygen atoms in total. The van der Waals surface area contributed by atoms with Crippen LogP contribution in [0.15, 0.2) is 42.7 Å². The van der Waals surface area contributed by atoms with Crippen LogP contribution < -0.4 is 10.6 Å². The Hall–Kier alpha value is -2.31. The van der Waals surface area contributed by atoms with Crippen LogP contribution in [0.5, 0.6) is 0 Å². The fraction of sp³-hybridized carbons (Fsp3) is 0.458. The number of nitrogens with zero attached hydrogens (tertiary/aromatic N) is 4. The van der Waals surface area contributed by atoms with Gasteiger partial charge in [0.25, 0.3) is 0 Å². The summed E-state index contributed by atoms with van der Waals surface area (Å²) in [5.74, 6) is 1.07. The third-order valence-corrected chi connectivity index (χ3v) is 7.86. The highest BCUT2D eigenvalue weighted by Crippen LogP contribution is 2.31. The van der Waals surface area contributed by atoms with E-state index in [0.717, 1.165) is 48.2 Å². The van der Waals surface area contributed by atoms with Crippen molar-refractivity contribution >= 4 is 40.4 Å². The van der Waals surface area contributed by atoms with Crippen molar-refractivity contribution in [3.05, 3.63) is 48.3 Å². The number of rotatable bonds is 6. The summed E-state index contributed by atoms with van der Waals surface area (Å²) in [6.45, 7) is 4.18. The largest absolute Gasteiger partial charge is 0.374 e. The molecule has 2 N–H and O–H groups in total. The third kappa shape index (κ3) is 6.10. The summed E-state index contributed by atoms with van der Waals surface area (Å²) in [6.07, 6.45) is 6.41. The Morgan fingerprint density at radius 2 is 1.89 bits per heavy atom. The lowest BCUT2D eigenvalue weighted by Gasteiger charge is -2.30. The smallest absolute Gasteiger partial charge is 0.211 e. The van der Waals surface area contributed by atoms with Crippen LogP contribution in [0.3, 0.4) is 0 Å². The van der Waals surface area contributed by atoms with Crippen LogP contribution in [0, 0.1) is 0 Å². The molecule has 0 saturated carbocycles. The summed E-state index contributed by atoms with van der Waals surface area (Å²) in [5.41, 5.74) is 4.59. The number of hydrogen-bond donors (Lipinski definition) is 2. The van der Waals surface area contributed by atoms with Crippen LogP contribution in [-0.2, 0) is 14.8 Å². The molecule has 35 heavy (non-hydrogen) atoms. The van der Waals surface area contributed by atoms with E-state index in [2.05, 4.69) is 44.9 Å². The number of fused-ring (bicyclic) bond motifs is 1. The predicted octanol–water partition coefficient (Wildman–Crippen LogP) is 2.34. The van der Waals surface area contributed by atoms with Crippen LogP contribution >= 0.6 is 13.5 Å². The molecule has 2 aliphatic heterocycles. The molecule has 3 aromatic rings. The minimum absolute atomic E-state index is 0. The van der Waals surface area contributed by atoms with Crippen LogP contribution in [0.4, 0.5) is 5.82 Å². The van der Waals surface area contributed by atoms with Crippen molar-refractivity contribution in [2.75, 3.05) is 50.9 Å². The molecule has 11 heteroatoms. The summed E-state index contributed by atoms with van der Waals surface area (Å²) in [5, 5.41) is 6.76. The van der Waals surface area contributed by atoms with E-state index in [-0.39, 0.29) is 19.6 Å². The molecule has 4 heterocycles. The van der Waals surface area contributed by atoms with E-state index in [0.29, 0.717) is 38.0 Å². The highest BCUT2D eigenvalue weighted by molar-refractivity contribution is 7.88. The topological polar surface area (TPSA) is 109 Å². The molecular weight excluding hydrogens is 484 g/mol. The van der Waals surface area contributed by atoms with Gasteiger partial charge in [0.1, 0.15) is 5.52 Å². The molecule has 0 aliphatic carbocycles. The normalized spacial score (nSPS) is 19.9. The molecule has 0 amide bonds. The first-order chi connectivity index (χ1) is 16.5. The van der Waals surface area contributed by atoms with Crippen LogP contribution in [0.25, 0.3) is 22.3 Å². The molecule has 2 saturated heterocycles. The van der Waals surface area contributed by atoms with E-state index in [1.807, 2.05) is 6.07 Å². The second-order valence-corrected chi connectivity index (χ2v) is 10.9.